The summed E-state index contributed by atoms with van der Waals surface area (Å²) in [4.78, 5) is 24.7. The fourth-order valence-electron chi connectivity index (χ4n) is 5.48. The number of hydrogen-bond acceptors (Lipinski definition) is 4. The van der Waals surface area contributed by atoms with Gasteiger partial charge in [-0.1, -0.05) is 27.2 Å². The van der Waals surface area contributed by atoms with Gasteiger partial charge in [0.05, 0.1) is 5.41 Å². The van der Waals surface area contributed by atoms with E-state index in [1.807, 2.05) is 6.92 Å². The van der Waals surface area contributed by atoms with Gasteiger partial charge in [-0.3, -0.25) is 4.79 Å². The number of ether oxygens (including phenoxy) is 2. The maximum atomic E-state index is 12.5. The molecule has 2 heterocycles. The van der Waals surface area contributed by atoms with E-state index in [1.165, 1.54) is 0 Å². The summed E-state index contributed by atoms with van der Waals surface area (Å²) in [5.41, 5.74) is 1.51. The van der Waals surface area contributed by atoms with Crippen molar-refractivity contribution in [2.45, 2.75) is 59.2 Å². The standard InChI is InChI=1S/C19H24O4/c1-10(2)15-11-8-13-16-18(3,12(11)9-14(20)23-15)6-5-7-19(16,4)17(21)22-13/h8-10,13,15-16H,5-7H2,1-4H3/t13?,15-,16-,18-,19+/m1/s1. The maximum absolute atomic E-state index is 12.5. The Bertz CT molecular complexity index is 658. The van der Waals surface area contributed by atoms with Gasteiger partial charge < -0.3 is 9.47 Å². The van der Waals surface area contributed by atoms with Gasteiger partial charge in [0, 0.05) is 17.4 Å². The number of carbonyl (C=O) groups excluding carboxylic acids is 2. The Labute approximate surface area is 136 Å². The van der Waals surface area contributed by atoms with Crippen molar-refractivity contribution in [3.8, 4) is 0 Å². The van der Waals surface area contributed by atoms with Gasteiger partial charge in [-0.2, -0.15) is 0 Å². The van der Waals surface area contributed by atoms with Crippen molar-refractivity contribution in [1.29, 1.82) is 0 Å². The second-order valence-corrected chi connectivity index (χ2v) is 8.32. The highest BCUT2D eigenvalue weighted by molar-refractivity contribution is 5.87. The van der Waals surface area contributed by atoms with Crippen LogP contribution in [0, 0.1) is 22.7 Å². The van der Waals surface area contributed by atoms with E-state index in [2.05, 4.69) is 26.8 Å². The molecule has 0 aromatic carbocycles. The maximum Gasteiger partial charge on any atom is 0.331 e. The number of fused-ring (bicyclic) bond motifs is 2. The Hall–Kier alpha value is -1.58. The van der Waals surface area contributed by atoms with E-state index in [4.69, 9.17) is 9.47 Å². The second kappa shape index (κ2) is 4.49. The molecule has 0 aromatic heterocycles. The number of hydrogen-bond donors (Lipinski definition) is 0. The SMILES string of the molecule is CC(C)[C@H]1OC(=O)C=C2C1=CC1OC(=O)[C@@]3(C)CCC[C@@]2(C)[C@@H]13. The highest BCUT2D eigenvalue weighted by Gasteiger charge is 2.65. The van der Waals surface area contributed by atoms with Gasteiger partial charge >= 0.3 is 11.9 Å². The number of esters is 2. The van der Waals surface area contributed by atoms with Crippen LogP contribution in [0.4, 0.5) is 0 Å². The summed E-state index contributed by atoms with van der Waals surface area (Å²) in [6.45, 7) is 8.36. The molecule has 0 aromatic rings. The average molecular weight is 316 g/mol. The molecule has 5 atom stereocenters. The third kappa shape index (κ3) is 1.78. The van der Waals surface area contributed by atoms with E-state index >= 15 is 0 Å². The van der Waals surface area contributed by atoms with Crippen molar-refractivity contribution in [3.05, 3.63) is 23.3 Å². The zero-order chi connectivity index (χ0) is 16.6. The normalized spacial score (nSPS) is 44.8. The van der Waals surface area contributed by atoms with Crippen LogP contribution < -0.4 is 0 Å². The molecule has 0 amide bonds. The minimum absolute atomic E-state index is 0.0807. The summed E-state index contributed by atoms with van der Waals surface area (Å²) < 4.78 is 11.3. The molecular formula is C19H24O4. The van der Waals surface area contributed by atoms with Crippen LogP contribution in [0.25, 0.3) is 0 Å². The fourth-order valence-corrected chi connectivity index (χ4v) is 5.48. The van der Waals surface area contributed by atoms with Gasteiger partial charge in [-0.25, -0.2) is 4.79 Å². The third-order valence-corrected chi connectivity index (χ3v) is 6.49. The molecule has 23 heavy (non-hydrogen) atoms. The molecule has 0 N–H and O–H groups in total. The largest absolute Gasteiger partial charge is 0.457 e. The molecule has 2 aliphatic heterocycles. The minimum atomic E-state index is -0.435. The Morgan fingerprint density at radius 2 is 1.83 bits per heavy atom. The molecule has 2 aliphatic carbocycles. The Balaban J connectivity index is 1.92. The predicted octanol–water partition coefficient (Wildman–Crippen LogP) is 3.17. The lowest BCUT2D eigenvalue weighted by Crippen LogP contribution is -2.51. The molecule has 4 aliphatic rings. The van der Waals surface area contributed by atoms with Crippen LogP contribution in [-0.4, -0.2) is 24.1 Å². The zero-order valence-electron chi connectivity index (χ0n) is 14.2. The summed E-state index contributed by atoms with van der Waals surface area (Å²) in [5.74, 6) is -0.0259. The molecule has 4 rings (SSSR count). The molecule has 1 saturated carbocycles. The predicted molar refractivity (Wildman–Crippen MR) is 84.3 cm³/mol. The van der Waals surface area contributed by atoms with Crippen LogP contribution in [0.1, 0.15) is 47.0 Å². The summed E-state index contributed by atoms with van der Waals surface area (Å²) in [6.07, 6.45) is 6.13. The van der Waals surface area contributed by atoms with Crippen LogP contribution >= 0.6 is 0 Å². The van der Waals surface area contributed by atoms with Crippen molar-refractivity contribution in [2.75, 3.05) is 0 Å². The zero-order valence-corrected chi connectivity index (χ0v) is 14.2. The monoisotopic (exact) mass is 316 g/mol. The molecule has 2 fully saturated rings. The van der Waals surface area contributed by atoms with Crippen molar-refractivity contribution in [2.24, 2.45) is 22.7 Å². The Morgan fingerprint density at radius 1 is 1.13 bits per heavy atom. The quantitative estimate of drug-likeness (QED) is 0.697. The van der Waals surface area contributed by atoms with Crippen LogP contribution in [-0.2, 0) is 19.1 Å². The highest BCUT2D eigenvalue weighted by Crippen LogP contribution is 2.64. The molecular weight excluding hydrogens is 292 g/mol. The molecule has 0 spiro atoms. The second-order valence-electron chi connectivity index (χ2n) is 8.32. The lowest BCUT2D eigenvalue weighted by Gasteiger charge is -2.53. The van der Waals surface area contributed by atoms with E-state index in [0.717, 1.165) is 30.4 Å². The van der Waals surface area contributed by atoms with Crippen molar-refractivity contribution >= 4 is 11.9 Å². The summed E-state index contributed by atoms with van der Waals surface area (Å²) in [6, 6.07) is 0. The number of cyclic esters (lactones) is 1. The fraction of sp³-hybridized carbons (Fsp3) is 0.684. The lowest BCUT2D eigenvalue weighted by molar-refractivity contribution is -0.148. The van der Waals surface area contributed by atoms with Crippen LogP contribution in [0.5, 0.6) is 0 Å². The molecule has 1 saturated heterocycles. The highest BCUT2D eigenvalue weighted by atomic mass is 16.6. The van der Waals surface area contributed by atoms with Gasteiger partial charge in [-0.05, 0) is 42.9 Å². The third-order valence-electron chi connectivity index (χ3n) is 6.49. The topological polar surface area (TPSA) is 52.6 Å². The number of carbonyl (C=O) groups is 2. The minimum Gasteiger partial charge on any atom is -0.457 e. The molecule has 1 unspecified atom stereocenters. The van der Waals surface area contributed by atoms with Crippen molar-refractivity contribution in [3.63, 3.8) is 0 Å². The Morgan fingerprint density at radius 3 is 2.52 bits per heavy atom. The van der Waals surface area contributed by atoms with Gasteiger partial charge in [-0.15, -0.1) is 0 Å². The van der Waals surface area contributed by atoms with Crippen molar-refractivity contribution < 1.29 is 19.1 Å². The van der Waals surface area contributed by atoms with Gasteiger partial charge in [0.25, 0.3) is 0 Å². The number of rotatable bonds is 1. The summed E-state index contributed by atoms with van der Waals surface area (Å²) in [7, 11) is 0. The van der Waals surface area contributed by atoms with E-state index in [1.54, 1.807) is 6.08 Å². The smallest absolute Gasteiger partial charge is 0.331 e. The first-order valence-electron chi connectivity index (χ1n) is 8.63. The average Bonchev–Trinajstić information content (AvgIpc) is 2.72. The van der Waals surface area contributed by atoms with E-state index in [0.29, 0.717) is 0 Å². The molecule has 124 valence electrons. The Kier molecular flexibility index (Phi) is 2.92. The molecule has 0 bridgehead atoms. The van der Waals surface area contributed by atoms with Gasteiger partial charge in [0.2, 0.25) is 0 Å². The molecule has 4 heteroatoms. The first-order chi connectivity index (χ1) is 10.8. The van der Waals surface area contributed by atoms with Crippen molar-refractivity contribution in [1.82, 2.24) is 0 Å². The van der Waals surface area contributed by atoms with Gasteiger partial charge in [0.1, 0.15) is 12.2 Å². The van der Waals surface area contributed by atoms with Crippen LogP contribution in [0.15, 0.2) is 23.3 Å². The first-order valence-corrected chi connectivity index (χ1v) is 8.63. The van der Waals surface area contributed by atoms with Crippen LogP contribution in [0.3, 0.4) is 0 Å². The first kappa shape index (κ1) is 15.0. The van der Waals surface area contributed by atoms with E-state index in [9.17, 15) is 9.59 Å². The van der Waals surface area contributed by atoms with Crippen LogP contribution in [0.2, 0.25) is 0 Å². The molecule has 0 radical (unpaired) electrons. The lowest BCUT2D eigenvalue weighted by atomic mass is 9.49. The summed E-state index contributed by atoms with van der Waals surface area (Å²) in [5, 5.41) is 0. The summed E-state index contributed by atoms with van der Waals surface area (Å²) >= 11 is 0. The van der Waals surface area contributed by atoms with Gasteiger partial charge in [0.15, 0.2) is 0 Å². The van der Waals surface area contributed by atoms with E-state index < -0.39 is 5.41 Å². The van der Waals surface area contributed by atoms with E-state index in [-0.39, 0.29) is 41.4 Å². The molecule has 4 nitrogen and oxygen atoms in total.